The number of aliphatic hydroxyl groups excluding tert-OH is 1. The maximum absolute atomic E-state index is 10.3. The summed E-state index contributed by atoms with van der Waals surface area (Å²) in [6.07, 6.45) is -0.594. The van der Waals surface area contributed by atoms with Crippen molar-refractivity contribution >= 4 is 11.6 Å². The van der Waals surface area contributed by atoms with Gasteiger partial charge < -0.3 is 5.11 Å². The molecule has 0 fully saturated rings. The molecule has 0 bridgehead atoms. The molecule has 0 aliphatic heterocycles. The predicted molar refractivity (Wildman–Crippen MR) is 76.0 cm³/mol. The van der Waals surface area contributed by atoms with Gasteiger partial charge in [0.25, 0.3) is 0 Å². The van der Waals surface area contributed by atoms with Gasteiger partial charge in [0.2, 0.25) is 0 Å². The highest BCUT2D eigenvalue weighted by atomic mass is 35.5. The number of rotatable bonds is 3. The van der Waals surface area contributed by atoms with E-state index >= 15 is 0 Å². The fraction of sp³-hybridized carbons (Fsp3) is 0.250. The third-order valence-electron chi connectivity index (χ3n) is 3.10. The van der Waals surface area contributed by atoms with Crippen LogP contribution in [0, 0.1) is 0 Å². The van der Waals surface area contributed by atoms with Crippen LogP contribution < -0.4 is 0 Å². The van der Waals surface area contributed by atoms with Crippen molar-refractivity contribution in [1.29, 1.82) is 0 Å². The Bertz CT molecular complexity index is 500. The Morgan fingerprint density at radius 1 is 0.778 bits per heavy atom. The lowest BCUT2D eigenvalue weighted by atomic mass is 9.97. The van der Waals surface area contributed by atoms with Gasteiger partial charge in [-0.05, 0) is 34.7 Å². The first kappa shape index (κ1) is 13.1. The molecular weight excluding hydrogens is 244 g/mol. The molecule has 2 rings (SSSR count). The molecule has 0 saturated heterocycles. The molecule has 2 heteroatoms. The van der Waals surface area contributed by atoms with Crippen LogP contribution in [0.2, 0.25) is 5.02 Å². The molecule has 0 aliphatic carbocycles. The van der Waals surface area contributed by atoms with Crippen LogP contribution in [0.4, 0.5) is 0 Å². The molecule has 0 unspecified atom stereocenters. The van der Waals surface area contributed by atoms with Crippen molar-refractivity contribution in [2.45, 2.75) is 25.9 Å². The molecule has 0 heterocycles. The highest BCUT2D eigenvalue weighted by Crippen LogP contribution is 2.25. The van der Waals surface area contributed by atoms with Gasteiger partial charge in [0.15, 0.2) is 0 Å². The summed E-state index contributed by atoms with van der Waals surface area (Å²) in [4.78, 5) is 0. The van der Waals surface area contributed by atoms with E-state index in [1.165, 1.54) is 5.56 Å². The smallest absolute Gasteiger partial charge is 0.104 e. The van der Waals surface area contributed by atoms with E-state index in [1.807, 2.05) is 24.3 Å². The lowest BCUT2D eigenvalue weighted by molar-refractivity contribution is 0.220. The Kier molecular flexibility index (Phi) is 4.05. The van der Waals surface area contributed by atoms with Gasteiger partial charge in [0.1, 0.15) is 6.10 Å². The van der Waals surface area contributed by atoms with E-state index in [0.29, 0.717) is 10.9 Å². The number of hydrogen-bond donors (Lipinski definition) is 1. The van der Waals surface area contributed by atoms with E-state index in [0.717, 1.165) is 11.1 Å². The summed E-state index contributed by atoms with van der Waals surface area (Å²) in [5, 5.41) is 11.0. The average Bonchev–Trinajstić information content (AvgIpc) is 2.39. The van der Waals surface area contributed by atoms with E-state index in [4.69, 9.17) is 11.6 Å². The lowest BCUT2D eigenvalue weighted by Crippen LogP contribution is -1.99. The first-order valence-electron chi connectivity index (χ1n) is 6.11. The number of aliphatic hydroxyl groups is 1. The third kappa shape index (κ3) is 2.92. The van der Waals surface area contributed by atoms with E-state index < -0.39 is 6.10 Å². The van der Waals surface area contributed by atoms with Gasteiger partial charge in [-0.3, -0.25) is 0 Å². The maximum atomic E-state index is 10.3. The molecule has 0 aromatic heterocycles. The van der Waals surface area contributed by atoms with Crippen LogP contribution in [0.25, 0.3) is 0 Å². The van der Waals surface area contributed by atoms with E-state index in [9.17, 15) is 5.11 Å². The van der Waals surface area contributed by atoms with Crippen LogP contribution in [-0.2, 0) is 0 Å². The Labute approximate surface area is 113 Å². The van der Waals surface area contributed by atoms with Gasteiger partial charge in [0, 0.05) is 5.02 Å². The first-order chi connectivity index (χ1) is 8.58. The topological polar surface area (TPSA) is 20.2 Å². The Morgan fingerprint density at radius 3 is 1.61 bits per heavy atom. The van der Waals surface area contributed by atoms with E-state index in [1.54, 1.807) is 12.1 Å². The van der Waals surface area contributed by atoms with Gasteiger partial charge in [-0.2, -0.15) is 0 Å². The van der Waals surface area contributed by atoms with Crippen molar-refractivity contribution in [3.63, 3.8) is 0 Å². The quantitative estimate of drug-likeness (QED) is 0.859. The second-order valence-corrected chi connectivity index (χ2v) is 5.21. The summed E-state index contributed by atoms with van der Waals surface area (Å²) in [6.45, 7) is 4.31. The fourth-order valence-electron chi connectivity index (χ4n) is 1.90. The summed E-state index contributed by atoms with van der Waals surface area (Å²) in [5.41, 5.74) is 3.04. The predicted octanol–water partition coefficient (Wildman–Crippen LogP) is 4.55. The second kappa shape index (κ2) is 5.55. The van der Waals surface area contributed by atoms with Gasteiger partial charge in [-0.25, -0.2) is 0 Å². The van der Waals surface area contributed by atoms with Crippen LogP contribution >= 0.6 is 11.6 Å². The molecule has 94 valence electrons. The maximum Gasteiger partial charge on any atom is 0.104 e. The average molecular weight is 261 g/mol. The molecule has 0 radical (unpaired) electrons. The van der Waals surface area contributed by atoms with E-state index in [2.05, 4.69) is 26.0 Å². The summed E-state index contributed by atoms with van der Waals surface area (Å²) < 4.78 is 0. The van der Waals surface area contributed by atoms with Crippen LogP contribution in [0.5, 0.6) is 0 Å². The molecule has 0 saturated carbocycles. The molecule has 0 spiro atoms. The molecular formula is C16H17ClO. The van der Waals surface area contributed by atoms with Crippen LogP contribution in [0.1, 0.15) is 42.6 Å². The van der Waals surface area contributed by atoms with Crippen molar-refractivity contribution in [3.05, 3.63) is 70.2 Å². The van der Waals surface area contributed by atoms with Crippen molar-refractivity contribution in [3.8, 4) is 0 Å². The van der Waals surface area contributed by atoms with Crippen molar-refractivity contribution in [2.75, 3.05) is 0 Å². The van der Waals surface area contributed by atoms with Gasteiger partial charge in [-0.1, -0.05) is 61.8 Å². The zero-order valence-corrected chi connectivity index (χ0v) is 11.4. The Balaban J connectivity index is 2.23. The molecule has 2 aromatic rings. The summed E-state index contributed by atoms with van der Waals surface area (Å²) in [6, 6.07) is 15.4. The third-order valence-corrected chi connectivity index (χ3v) is 3.36. The largest absolute Gasteiger partial charge is 0.384 e. The molecule has 1 atom stereocenters. The van der Waals surface area contributed by atoms with Crippen molar-refractivity contribution in [2.24, 2.45) is 0 Å². The minimum absolute atomic E-state index is 0.506. The molecule has 0 amide bonds. The van der Waals surface area contributed by atoms with Crippen molar-refractivity contribution in [1.82, 2.24) is 0 Å². The highest BCUT2D eigenvalue weighted by molar-refractivity contribution is 6.30. The van der Waals surface area contributed by atoms with Crippen LogP contribution in [0.15, 0.2) is 48.5 Å². The number of hydrogen-bond acceptors (Lipinski definition) is 1. The molecule has 0 aliphatic rings. The Hall–Kier alpha value is -1.31. The highest BCUT2D eigenvalue weighted by Gasteiger charge is 2.10. The van der Waals surface area contributed by atoms with Crippen molar-refractivity contribution < 1.29 is 5.11 Å². The minimum Gasteiger partial charge on any atom is -0.384 e. The first-order valence-corrected chi connectivity index (χ1v) is 6.49. The number of halogens is 1. The zero-order chi connectivity index (χ0) is 13.1. The summed E-state index contributed by atoms with van der Waals surface area (Å²) in [5.74, 6) is 0.506. The number of benzene rings is 2. The van der Waals surface area contributed by atoms with Gasteiger partial charge >= 0.3 is 0 Å². The monoisotopic (exact) mass is 260 g/mol. The molecule has 18 heavy (non-hydrogen) atoms. The van der Waals surface area contributed by atoms with Crippen LogP contribution in [0.3, 0.4) is 0 Å². The molecule has 1 nitrogen and oxygen atoms in total. The summed E-state index contributed by atoms with van der Waals surface area (Å²) in [7, 11) is 0. The van der Waals surface area contributed by atoms with E-state index in [-0.39, 0.29) is 0 Å². The zero-order valence-electron chi connectivity index (χ0n) is 10.6. The fourth-order valence-corrected chi connectivity index (χ4v) is 2.03. The standard InChI is InChI=1S/C16H17ClO/c1-11(2)12-3-5-13(6-4-12)16(18)14-7-9-15(17)10-8-14/h3-11,16,18H,1-2H3/t16-/m0/s1. The van der Waals surface area contributed by atoms with Gasteiger partial charge in [-0.15, -0.1) is 0 Å². The summed E-state index contributed by atoms with van der Waals surface area (Å²) >= 11 is 5.84. The Morgan fingerprint density at radius 2 is 1.17 bits per heavy atom. The van der Waals surface area contributed by atoms with Crippen LogP contribution in [-0.4, -0.2) is 5.11 Å². The second-order valence-electron chi connectivity index (χ2n) is 4.78. The normalized spacial score (nSPS) is 12.7. The molecule has 1 N–H and O–H groups in total. The van der Waals surface area contributed by atoms with Gasteiger partial charge in [0.05, 0.1) is 0 Å². The molecule has 2 aromatic carbocycles. The SMILES string of the molecule is CC(C)c1ccc([C@H](O)c2ccc(Cl)cc2)cc1. The minimum atomic E-state index is -0.594. The lowest BCUT2D eigenvalue weighted by Gasteiger charge is -2.13.